The average Bonchev–Trinajstić information content (AvgIpc) is 2.57. The van der Waals surface area contributed by atoms with Crippen LogP contribution in [0.1, 0.15) is 24.5 Å². The summed E-state index contributed by atoms with van der Waals surface area (Å²) >= 11 is 9.54. The summed E-state index contributed by atoms with van der Waals surface area (Å²) in [4.78, 5) is 0. The van der Waals surface area contributed by atoms with Crippen LogP contribution in [-0.2, 0) is 17.9 Å². The Morgan fingerprint density at radius 2 is 2.04 bits per heavy atom. The van der Waals surface area contributed by atoms with Gasteiger partial charge in [-0.15, -0.1) is 0 Å². The van der Waals surface area contributed by atoms with Crippen molar-refractivity contribution in [2.24, 2.45) is 0 Å². The van der Waals surface area contributed by atoms with Gasteiger partial charge in [-0.3, -0.25) is 0 Å². The zero-order valence-corrected chi connectivity index (χ0v) is 16.2. The van der Waals surface area contributed by atoms with Crippen molar-refractivity contribution in [1.29, 1.82) is 0 Å². The molecule has 0 spiro atoms. The first-order chi connectivity index (χ1) is 11.7. The van der Waals surface area contributed by atoms with E-state index in [0.29, 0.717) is 6.61 Å². The lowest BCUT2D eigenvalue weighted by atomic mass is 10.2. The highest BCUT2D eigenvalue weighted by Crippen LogP contribution is 2.24. The van der Waals surface area contributed by atoms with Crippen LogP contribution < -0.4 is 10.1 Å². The third kappa shape index (κ3) is 6.81. The van der Waals surface area contributed by atoms with Gasteiger partial charge in [0.1, 0.15) is 12.4 Å². The SMILES string of the molecule is CCOCCCNCc1cc(Br)ccc1OCc1cccc(Cl)c1. The van der Waals surface area contributed by atoms with Gasteiger partial charge < -0.3 is 14.8 Å². The predicted molar refractivity (Wildman–Crippen MR) is 103 cm³/mol. The van der Waals surface area contributed by atoms with Crippen LogP contribution in [0.2, 0.25) is 5.02 Å². The van der Waals surface area contributed by atoms with E-state index in [9.17, 15) is 0 Å². The molecule has 0 saturated heterocycles. The maximum absolute atomic E-state index is 6.02. The van der Waals surface area contributed by atoms with Crippen LogP contribution in [-0.4, -0.2) is 19.8 Å². The Morgan fingerprint density at radius 3 is 2.83 bits per heavy atom. The average molecular weight is 413 g/mol. The number of rotatable bonds is 10. The number of hydrogen-bond acceptors (Lipinski definition) is 3. The molecule has 0 atom stereocenters. The van der Waals surface area contributed by atoms with Gasteiger partial charge in [-0.1, -0.05) is 39.7 Å². The van der Waals surface area contributed by atoms with Gasteiger partial charge in [0.2, 0.25) is 0 Å². The number of ether oxygens (including phenoxy) is 2. The van der Waals surface area contributed by atoms with Crippen molar-refractivity contribution in [2.75, 3.05) is 19.8 Å². The lowest BCUT2D eigenvalue weighted by molar-refractivity contribution is 0.144. The quantitative estimate of drug-likeness (QED) is 0.544. The summed E-state index contributed by atoms with van der Waals surface area (Å²) < 4.78 is 12.4. The van der Waals surface area contributed by atoms with Crippen LogP contribution in [0.3, 0.4) is 0 Å². The van der Waals surface area contributed by atoms with Crippen LogP contribution in [0.5, 0.6) is 5.75 Å². The zero-order chi connectivity index (χ0) is 17.2. The van der Waals surface area contributed by atoms with E-state index >= 15 is 0 Å². The molecule has 0 saturated carbocycles. The summed E-state index contributed by atoms with van der Waals surface area (Å²) in [5.41, 5.74) is 2.18. The largest absolute Gasteiger partial charge is 0.489 e. The molecule has 2 aromatic carbocycles. The minimum absolute atomic E-state index is 0.500. The molecule has 0 aliphatic heterocycles. The van der Waals surface area contributed by atoms with E-state index in [2.05, 4.69) is 27.3 Å². The zero-order valence-electron chi connectivity index (χ0n) is 13.9. The predicted octanol–water partition coefficient (Wildman–Crippen LogP) is 5.20. The first kappa shape index (κ1) is 19.3. The van der Waals surface area contributed by atoms with E-state index in [1.54, 1.807) is 0 Å². The molecule has 0 aliphatic rings. The molecule has 0 bridgehead atoms. The Bertz CT molecular complexity index is 637. The minimum atomic E-state index is 0.500. The van der Waals surface area contributed by atoms with E-state index in [1.807, 2.05) is 43.3 Å². The highest BCUT2D eigenvalue weighted by atomic mass is 79.9. The highest BCUT2D eigenvalue weighted by Gasteiger charge is 2.05. The van der Waals surface area contributed by atoms with E-state index in [0.717, 1.165) is 59.1 Å². The molecule has 2 rings (SSSR count). The van der Waals surface area contributed by atoms with Crippen LogP contribution in [0.15, 0.2) is 46.9 Å². The van der Waals surface area contributed by atoms with Crippen LogP contribution in [0, 0.1) is 0 Å². The van der Waals surface area contributed by atoms with E-state index < -0.39 is 0 Å². The summed E-state index contributed by atoms with van der Waals surface area (Å²) in [7, 11) is 0. The summed E-state index contributed by atoms with van der Waals surface area (Å²) in [5, 5.41) is 4.16. The third-order valence-electron chi connectivity index (χ3n) is 3.47. The molecule has 2 aromatic rings. The van der Waals surface area contributed by atoms with Gasteiger partial charge in [-0.25, -0.2) is 0 Å². The molecule has 130 valence electrons. The van der Waals surface area contributed by atoms with Crippen molar-refractivity contribution in [3.63, 3.8) is 0 Å². The second kappa shape index (κ2) is 10.7. The van der Waals surface area contributed by atoms with Gasteiger partial charge in [0.15, 0.2) is 0 Å². The number of hydrogen-bond donors (Lipinski definition) is 1. The smallest absolute Gasteiger partial charge is 0.124 e. The molecule has 24 heavy (non-hydrogen) atoms. The Balaban J connectivity index is 1.89. The number of nitrogens with one attached hydrogen (secondary N) is 1. The Morgan fingerprint density at radius 1 is 1.17 bits per heavy atom. The van der Waals surface area contributed by atoms with Crippen LogP contribution in [0.25, 0.3) is 0 Å². The molecular formula is C19H23BrClNO2. The van der Waals surface area contributed by atoms with Crippen molar-refractivity contribution in [2.45, 2.75) is 26.5 Å². The fourth-order valence-electron chi connectivity index (χ4n) is 2.28. The van der Waals surface area contributed by atoms with Gasteiger partial charge >= 0.3 is 0 Å². The van der Waals surface area contributed by atoms with Gasteiger partial charge in [-0.2, -0.15) is 0 Å². The third-order valence-corrected chi connectivity index (χ3v) is 4.20. The number of benzene rings is 2. The van der Waals surface area contributed by atoms with Crippen molar-refractivity contribution in [3.05, 3.63) is 63.1 Å². The molecule has 3 nitrogen and oxygen atoms in total. The molecule has 0 heterocycles. The van der Waals surface area contributed by atoms with E-state index in [1.165, 1.54) is 0 Å². The second-order valence-electron chi connectivity index (χ2n) is 5.40. The van der Waals surface area contributed by atoms with Crippen molar-refractivity contribution in [1.82, 2.24) is 5.32 Å². The van der Waals surface area contributed by atoms with Crippen molar-refractivity contribution >= 4 is 27.5 Å². The number of halogens is 2. The van der Waals surface area contributed by atoms with Crippen molar-refractivity contribution < 1.29 is 9.47 Å². The highest BCUT2D eigenvalue weighted by molar-refractivity contribution is 9.10. The Labute approximate surface area is 157 Å². The van der Waals surface area contributed by atoms with E-state index in [4.69, 9.17) is 21.1 Å². The maximum Gasteiger partial charge on any atom is 0.124 e. The monoisotopic (exact) mass is 411 g/mol. The van der Waals surface area contributed by atoms with Gasteiger partial charge in [-0.05, 0) is 55.8 Å². The maximum atomic E-state index is 6.02. The molecule has 1 N–H and O–H groups in total. The molecule has 0 aliphatic carbocycles. The topological polar surface area (TPSA) is 30.5 Å². The summed E-state index contributed by atoms with van der Waals surface area (Å²) in [5.74, 6) is 0.885. The molecule has 0 unspecified atom stereocenters. The Hall–Kier alpha value is -1.07. The standard InChI is InChI=1S/C19H23BrClNO2/c1-2-23-10-4-9-22-13-16-12-17(20)7-8-19(16)24-14-15-5-3-6-18(21)11-15/h3,5-8,11-12,22H,2,4,9-10,13-14H2,1H3. The van der Waals surface area contributed by atoms with Gasteiger partial charge in [0, 0.05) is 34.8 Å². The van der Waals surface area contributed by atoms with Crippen molar-refractivity contribution in [3.8, 4) is 5.75 Å². The Kier molecular flexibility index (Phi) is 8.60. The molecule has 0 fully saturated rings. The fraction of sp³-hybridized carbons (Fsp3) is 0.368. The lowest BCUT2D eigenvalue weighted by Gasteiger charge is -2.13. The fourth-order valence-corrected chi connectivity index (χ4v) is 2.90. The summed E-state index contributed by atoms with van der Waals surface area (Å²) in [6.07, 6.45) is 1.00. The van der Waals surface area contributed by atoms with E-state index in [-0.39, 0.29) is 0 Å². The summed E-state index contributed by atoms with van der Waals surface area (Å²) in [6, 6.07) is 13.8. The molecule has 5 heteroatoms. The van der Waals surface area contributed by atoms with Gasteiger partial charge in [0.05, 0.1) is 0 Å². The minimum Gasteiger partial charge on any atom is -0.489 e. The lowest BCUT2D eigenvalue weighted by Crippen LogP contribution is -2.17. The van der Waals surface area contributed by atoms with Gasteiger partial charge in [0.25, 0.3) is 0 Å². The van der Waals surface area contributed by atoms with Crippen LogP contribution in [0.4, 0.5) is 0 Å². The van der Waals surface area contributed by atoms with Crippen LogP contribution >= 0.6 is 27.5 Å². The first-order valence-electron chi connectivity index (χ1n) is 8.13. The molecule has 0 aromatic heterocycles. The normalized spacial score (nSPS) is 10.8. The molecule has 0 amide bonds. The molecule has 0 radical (unpaired) electrons. The first-order valence-corrected chi connectivity index (χ1v) is 9.30. The second-order valence-corrected chi connectivity index (χ2v) is 6.75. The summed E-state index contributed by atoms with van der Waals surface area (Å²) in [6.45, 7) is 5.75. The molecular weight excluding hydrogens is 390 g/mol.